The van der Waals surface area contributed by atoms with Gasteiger partial charge in [0.1, 0.15) is 11.0 Å². The van der Waals surface area contributed by atoms with Gasteiger partial charge in [-0.2, -0.15) is 0 Å². The number of methoxy groups -OCH3 is 1. The lowest BCUT2D eigenvalue weighted by Crippen LogP contribution is -2.21. The highest BCUT2D eigenvalue weighted by atomic mass is 32.2. The van der Waals surface area contributed by atoms with Gasteiger partial charge in [-0.05, 0) is 60.4 Å². The van der Waals surface area contributed by atoms with Crippen LogP contribution in [0.4, 0.5) is 0 Å². The second-order valence-corrected chi connectivity index (χ2v) is 8.63. The van der Waals surface area contributed by atoms with E-state index in [1.165, 1.54) is 7.11 Å². The first-order valence-corrected chi connectivity index (χ1v) is 10.5. The van der Waals surface area contributed by atoms with Crippen LogP contribution in [0.5, 0.6) is 0 Å². The Bertz CT molecular complexity index is 1040. The fraction of sp³-hybridized carbons (Fsp3) is 0.208. The fourth-order valence-corrected chi connectivity index (χ4v) is 4.22. The molecule has 0 aliphatic rings. The van der Waals surface area contributed by atoms with Crippen LogP contribution in [0, 0.1) is 13.8 Å². The van der Waals surface area contributed by atoms with E-state index in [-0.39, 0.29) is 5.97 Å². The highest BCUT2D eigenvalue weighted by Gasteiger charge is 2.17. The summed E-state index contributed by atoms with van der Waals surface area (Å²) in [6.45, 7) is 4.51. The summed E-state index contributed by atoms with van der Waals surface area (Å²) >= 11 is 0. The van der Waals surface area contributed by atoms with Gasteiger partial charge in [-0.25, -0.2) is 13.3 Å². The van der Waals surface area contributed by atoms with Crippen LogP contribution in [0.1, 0.15) is 27.0 Å². The third kappa shape index (κ3) is 4.81. The van der Waals surface area contributed by atoms with Crippen molar-refractivity contribution >= 4 is 17.0 Å². The van der Waals surface area contributed by atoms with E-state index in [2.05, 4.69) is 0 Å². The van der Waals surface area contributed by atoms with Crippen LogP contribution in [-0.2, 0) is 22.3 Å². The molecule has 0 fully saturated rings. The molecule has 150 valence electrons. The number of ether oxygens (including phenoxy) is 1. The monoisotopic (exact) mass is 407 g/mol. The second kappa shape index (κ2) is 9.16. The lowest BCUT2D eigenvalue weighted by Gasteiger charge is -2.18. The molecule has 5 heteroatoms. The molecule has 29 heavy (non-hydrogen) atoms. The number of aryl methyl sites for hydroxylation is 2. The van der Waals surface area contributed by atoms with Crippen LogP contribution in [0.15, 0.2) is 71.6 Å². The molecule has 3 aromatic carbocycles. The molecule has 0 amide bonds. The number of hydrogen-bond donors (Lipinski definition) is 0. The molecule has 3 rings (SSSR count). The third-order valence-corrected chi connectivity index (χ3v) is 6.21. The molecule has 0 saturated carbocycles. The van der Waals surface area contributed by atoms with Crippen molar-refractivity contribution in [1.82, 2.24) is 4.31 Å². The SMILES string of the molecule is COC(=O)c1ccc(CN(C)S(=O)c2ccc(C)cc2)cc1-c1ccccc1C. The quantitative estimate of drug-likeness (QED) is 0.546. The number of carbonyl (C=O) groups excluding carboxylic acids is 1. The Hall–Kier alpha value is -2.76. The molecule has 0 N–H and O–H groups in total. The van der Waals surface area contributed by atoms with E-state index in [1.807, 2.05) is 81.6 Å². The number of benzene rings is 3. The molecule has 4 nitrogen and oxygen atoms in total. The van der Waals surface area contributed by atoms with Crippen molar-refractivity contribution in [3.63, 3.8) is 0 Å². The van der Waals surface area contributed by atoms with Crippen molar-refractivity contribution in [2.75, 3.05) is 14.2 Å². The summed E-state index contributed by atoms with van der Waals surface area (Å²) in [6, 6.07) is 21.3. The molecule has 1 unspecified atom stereocenters. The van der Waals surface area contributed by atoms with Crippen LogP contribution in [0.3, 0.4) is 0 Å². The molecule has 0 aliphatic carbocycles. The second-order valence-electron chi connectivity index (χ2n) is 7.03. The van der Waals surface area contributed by atoms with Crippen LogP contribution in [0.25, 0.3) is 11.1 Å². The zero-order valence-corrected chi connectivity index (χ0v) is 18.0. The topological polar surface area (TPSA) is 46.6 Å². The van der Waals surface area contributed by atoms with Gasteiger partial charge in [-0.3, -0.25) is 0 Å². The average molecular weight is 408 g/mol. The molecular weight excluding hydrogens is 382 g/mol. The Morgan fingerprint density at radius 3 is 2.31 bits per heavy atom. The number of nitrogens with zero attached hydrogens (tertiary/aromatic N) is 1. The summed E-state index contributed by atoms with van der Waals surface area (Å²) in [6.07, 6.45) is 0. The van der Waals surface area contributed by atoms with Crippen molar-refractivity contribution in [2.24, 2.45) is 0 Å². The molecule has 0 aromatic heterocycles. The van der Waals surface area contributed by atoms with E-state index in [1.54, 1.807) is 10.4 Å². The standard InChI is InChI=1S/C24H25NO3S/c1-17-9-12-20(13-10-17)29(27)25(3)16-19-11-14-22(24(26)28-4)23(15-19)21-8-6-5-7-18(21)2/h5-15H,16H2,1-4H3. The molecule has 0 aliphatic heterocycles. The largest absolute Gasteiger partial charge is 0.465 e. The first kappa shape index (κ1) is 21.0. The smallest absolute Gasteiger partial charge is 0.338 e. The minimum Gasteiger partial charge on any atom is -0.465 e. The maximum atomic E-state index is 12.9. The van der Waals surface area contributed by atoms with Gasteiger partial charge in [0.05, 0.1) is 17.6 Å². The van der Waals surface area contributed by atoms with Gasteiger partial charge >= 0.3 is 5.97 Å². The number of carbonyl (C=O) groups is 1. The molecule has 0 radical (unpaired) electrons. The molecule has 0 spiro atoms. The minimum absolute atomic E-state index is 0.369. The highest BCUT2D eigenvalue weighted by Crippen LogP contribution is 2.29. The highest BCUT2D eigenvalue weighted by molar-refractivity contribution is 7.82. The van der Waals surface area contributed by atoms with Gasteiger partial charge in [0.25, 0.3) is 0 Å². The Kier molecular flexibility index (Phi) is 6.62. The normalized spacial score (nSPS) is 12.0. The van der Waals surface area contributed by atoms with Gasteiger partial charge in [0.2, 0.25) is 0 Å². The Labute approximate surface area is 174 Å². The van der Waals surface area contributed by atoms with Crippen molar-refractivity contribution in [1.29, 1.82) is 0 Å². The Morgan fingerprint density at radius 1 is 0.966 bits per heavy atom. The van der Waals surface area contributed by atoms with Crippen LogP contribution in [0.2, 0.25) is 0 Å². The summed E-state index contributed by atoms with van der Waals surface area (Å²) in [5.41, 5.74) is 5.51. The zero-order valence-electron chi connectivity index (χ0n) is 17.1. The Morgan fingerprint density at radius 2 is 1.66 bits per heavy atom. The maximum Gasteiger partial charge on any atom is 0.338 e. The lowest BCUT2D eigenvalue weighted by atomic mass is 9.94. The first-order chi connectivity index (χ1) is 13.9. The minimum atomic E-state index is -1.27. The van der Waals surface area contributed by atoms with Crippen molar-refractivity contribution < 1.29 is 13.7 Å². The van der Waals surface area contributed by atoms with E-state index in [0.717, 1.165) is 32.7 Å². The van der Waals surface area contributed by atoms with Crippen LogP contribution >= 0.6 is 0 Å². The zero-order chi connectivity index (χ0) is 21.0. The molecule has 0 bridgehead atoms. The van der Waals surface area contributed by atoms with Gasteiger partial charge < -0.3 is 4.74 Å². The van der Waals surface area contributed by atoms with Crippen LogP contribution in [-0.4, -0.2) is 28.6 Å². The summed E-state index contributed by atoms with van der Waals surface area (Å²) in [5, 5.41) is 0. The fourth-order valence-electron chi connectivity index (χ4n) is 3.23. The third-order valence-electron chi connectivity index (χ3n) is 4.84. The molecular formula is C24H25NO3S. The van der Waals surface area contributed by atoms with Crippen molar-refractivity contribution in [3.05, 3.63) is 89.0 Å². The predicted octanol–water partition coefficient (Wildman–Crippen LogP) is 4.91. The summed E-state index contributed by atoms with van der Waals surface area (Å²) < 4.78 is 19.6. The molecule has 0 saturated heterocycles. The van der Waals surface area contributed by atoms with Crippen molar-refractivity contribution in [3.8, 4) is 11.1 Å². The van der Waals surface area contributed by atoms with Gasteiger partial charge in [-0.15, -0.1) is 0 Å². The maximum absolute atomic E-state index is 12.9. The van der Waals surface area contributed by atoms with E-state index >= 15 is 0 Å². The Balaban J connectivity index is 1.93. The molecule has 1 atom stereocenters. The van der Waals surface area contributed by atoms with Crippen molar-refractivity contribution in [2.45, 2.75) is 25.3 Å². The van der Waals surface area contributed by atoms with E-state index in [0.29, 0.717) is 12.1 Å². The number of rotatable bonds is 6. The van der Waals surface area contributed by atoms with Gasteiger partial charge in [-0.1, -0.05) is 48.0 Å². The van der Waals surface area contributed by atoms with E-state index in [4.69, 9.17) is 4.74 Å². The first-order valence-electron chi connectivity index (χ1n) is 9.37. The van der Waals surface area contributed by atoms with Crippen LogP contribution < -0.4 is 0 Å². The average Bonchev–Trinajstić information content (AvgIpc) is 2.73. The summed E-state index contributed by atoms with van der Waals surface area (Å²) in [5.74, 6) is -0.369. The van der Waals surface area contributed by atoms with Gasteiger partial charge in [0, 0.05) is 13.6 Å². The van der Waals surface area contributed by atoms with E-state index in [9.17, 15) is 9.00 Å². The number of esters is 1. The lowest BCUT2D eigenvalue weighted by molar-refractivity contribution is 0.0601. The van der Waals surface area contributed by atoms with E-state index < -0.39 is 11.0 Å². The summed E-state index contributed by atoms with van der Waals surface area (Å²) in [4.78, 5) is 13.1. The number of hydrogen-bond acceptors (Lipinski definition) is 3. The van der Waals surface area contributed by atoms with Gasteiger partial charge in [0.15, 0.2) is 0 Å². The predicted molar refractivity (Wildman–Crippen MR) is 117 cm³/mol. The molecule has 0 heterocycles. The molecule has 3 aromatic rings. The summed E-state index contributed by atoms with van der Waals surface area (Å²) in [7, 11) is 1.95.